The molecule has 0 aliphatic rings. The quantitative estimate of drug-likeness (QED) is 0.259. The van der Waals surface area contributed by atoms with Gasteiger partial charge in [0.25, 0.3) is 0 Å². The number of ether oxygens (including phenoxy) is 2. The van der Waals surface area contributed by atoms with Crippen molar-refractivity contribution in [2.45, 2.75) is 13.5 Å². The monoisotopic (exact) mass is 415 g/mol. The Balaban J connectivity index is 1.54. The minimum atomic E-state index is -0.557. The first-order chi connectivity index (χ1) is 15.1. The second-order valence-corrected chi connectivity index (χ2v) is 6.99. The van der Waals surface area contributed by atoms with E-state index in [-0.39, 0.29) is 24.4 Å². The fraction of sp³-hybridized carbons (Fsp3) is 0.160. The molecule has 0 bridgehead atoms. The molecule has 156 valence electrons. The number of benzene rings is 3. The van der Waals surface area contributed by atoms with E-state index in [1.807, 2.05) is 19.1 Å². The van der Waals surface area contributed by atoms with Crippen LogP contribution in [-0.4, -0.2) is 29.5 Å². The summed E-state index contributed by atoms with van der Waals surface area (Å²) >= 11 is 0. The summed E-state index contributed by atoms with van der Waals surface area (Å²) in [6.07, 6.45) is 0. The summed E-state index contributed by atoms with van der Waals surface area (Å²) in [6, 6.07) is 21.0. The zero-order valence-corrected chi connectivity index (χ0v) is 17.0. The van der Waals surface area contributed by atoms with Crippen LogP contribution in [0.3, 0.4) is 0 Å². The molecule has 0 spiro atoms. The molecule has 4 rings (SSSR count). The molecule has 0 unspecified atom stereocenters. The van der Waals surface area contributed by atoms with Gasteiger partial charge >= 0.3 is 5.97 Å². The van der Waals surface area contributed by atoms with E-state index >= 15 is 0 Å². The van der Waals surface area contributed by atoms with E-state index in [1.54, 1.807) is 65.2 Å². The molecule has 1 aromatic heterocycles. The fourth-order valence-electron chi connectivity index (χ4n) is 3.56. The van der Waals surface area contributed by atoms with Crippen LogP contribution in [0.4, 0.5) is 0 Å². The van der Waals surface area contributed by atoms with Gasteiger partial charge in [0.05, 0.1) is 17.6 Å². The number of para-hydroxylation sites is 2. The Hall–Kier alpha value is -3.93. The summed E-state index contributed by atoms with van der Waals surface area (Å²) in [7, 11) is 0. The van der Waals surface area contributed by atoms with E-state index < -0.39 is 5.97 Å². The predicted octanol–water partition coefficient (Wildman–Crippen LogP) is 3.98. The molecule has 31 heavy (non-hydrogen) atoms. The Morgan fingerprint density at radius 1 is 0.839 bits per heavy atom. The van der Waals surface area contributed by atoms with Crippen LogP contribution in [0.1, 0.15) is 17.3 Å². The van der Waals surface area contributed by atoms with Crippen molar-refractivity contribution in [3.63, 3.8) is 0 Å². The number of carbonyl (C=O) groups is 2. The number of hydrogen-bond donors (Lipinski definition) is 0. The number of aromatic nitrogens is 1. The van der Waals surface area contributed by atoms with Crippen LogP contribution in [0, 0.1) is 0 Å². The highest BCUT2D eigenvalue weighted by Crippen LogP contribution is 2.19. The number of rotatable bonds is 7. The minimum Gasteiger partial charge on any atom is -0.494 e. The van der Waals surface area contributed by atoms with Gasteiger partial charge in [0.15, 0.2) is 17.8 Å². The van der Waals surface area contributed by atoms with Crippen LogP contribution in [0.5, 0.6) is 5.75 Å². The Morgan fingerprint density at radius 3 is 2.00 bits per heavy atom. The number of hydrogen-bond acceptors (Lipinski definition) is 5. The molecule has 6 heteroatoms. The van der Waals surface area contributed by atoms with Gasteiger partial charge in [-0.2, -0.15) is 0 Å². The van der Waals surface area contributed by atoms with Crippen LogP contribution < -0.4 is 10.2 Å². The van der Waals surface area contributed by atoms with E-state index in [9.17, 15) is 14.4 Å². The molecule has 0 N–H and O–H groups in total. The molecule has 0 fully saturated rings. The summed E-state index contributed by atoms with van der Waals surface area (Å²) in [5, 5.41) is 1.05. The summed E-state index contributed by atoms with van der Waals surface area (Å²) < 4.78 is 12.4. The van der Waals surface area contributed by atoms with Gasteiger partial charge in [-0.25, -0.2) is 0 Å². The maximum absolute atomic E-state index is 12.8. The van der Waals surface area contributed by atoms with Gasteiger partial charge < -0.3 is 14.0 Å². The zero-order chi connectivity index (χ0) is 21.8. The van der Waals surface area contributed by atoms with Crippen LogP contribution >= 0.6 is 0 Å². The molecular formula is C25H21NO5. The molecule has 1 heterocycles. The van der Waals surface area contributed by atoms with Gasteiger partial charge in [0.1, 0.15) is 12.3 Å². The third kappa shape index (κ3) is 4.19. The molecule has 3 aromatic carbocycles. The molecule has 0 atom stereocenters. The summed E-state index contributed by atoms with van der Waals surface area (Å²) in [4.78, 5) is 37.7. The largest absolute Gasteiger partial charge is 0.494 e. The highest BCUT2D eigenvalue weighted by Gasteiger charge is 2.15. The number of esters is 1. The summed E-state index contributed by atoms with van der Waals surface area (Å²) in [6.45, 7) is 1.95. The Kier molecular flexibility index (Phi) is 5.80. The maximum Gasteiger partial charge on any atom is 0.326 e. The number of carbonyl (C=O) groups excluding carboxylic acids is 2. The van der Waals surface area contributed by atoms with Gasteiger partial charge in [0, 0.05) is 16.3 Å². The first kappa shape index (κ1) is 20.3. The maximum atomic E-state index is 12.8. The lowest BCUT2D eigenvalue weighted by Gasteiger charge is -2.14. The summed E-state index contributed by atoms with van der Waals surface area (Å²) in [5.74, 6) is -0.183. The van der Waals surface area contributed by atoms with Crippen molar-refractivity contribution in [2.24, 2.45) is 0 Å². The van der Waals surface area contributed by atoms with Crippen molar-refractivity contribution in [1.82, 2.24) is 4.57 Å². The SMILES string of the molecule is CCOc1ccc(C(=O)COC(=O)Cn2c3ccccc3c(=O)c3ccccc32)cc1. The highest BCUT2D eigenvalue weighted by molar-refractivity contribution is 5.98. The zero-order valence-electron chi connectivity index (χ0n) is 17.0. The summed E-state index contributed by atoms with van der Waals surface area (Å²) in [5.41, 5.74) is 1.64. The van der Waals surface area contributed by atoms with E-state index in [2.05, 4.69) is 0 Å². The number of pyridine rings is 1. The van der Waals surface area contributed by atoms with Crippen molar-refractivity contribution in [2.75, 3.05) is 13.2 Å². The van der Waals surface area contributed by atoms with Gasteiger partial charge in [-0.3, -0.25) is 14.4 Å². The van der Waals surface area contributed by atoms with Gasteiger partial charge in [-0.05, 0) is 55.5 Å². The third-order valence-electron chi connectivity index (χ3n) is 5.02. The molecule has 0 aliphatic heterocycles. The lowest BCUT2D eigenvalue weighted by atomic mass is 10.1. The Morgan fingerprint density at radius 2 is 1.42 bits per heavy atom. The number of ketones is 1. The van der Waals surface area contributed by atoms with E-state index in [0.29, 0.717) is 39.7 Å². The van der Waals surface area contributed by atoms with Crippen molar-refractivity contribution < 1.29 is 19.1 Å². The second kappa shape index (κ2) is 8.83. The second-order valence-electron chi connectivity index (χ2n) is 6.99. The molecule has 6 nitrogen and oxygen atoms in total. The smallest absolute Gasteiger partial charge is 0.326 e. The van der Waals surface area contributed by atoms with Gasteiger partial charge in [-0.15, -0.1) is 0 Å². The minimum absolute atomic E-state index is 0.0819. The average Bonchev–Trinajstić information content (AvgIpc) is 2.81. The Labute approximate surface area is 178 Å². The normalized spacial score (nSPS) is 10.9. The average molecular weight is 415 g/mol. The lowest BCUT2D eigenvalue weighted by molar-refractivity contribution is -0.143. The lowest BCUT2D eigenvalue weighted by Crippen LogP contribution is -2.20. The third-order valence-corrected chi connectivity index (χ3v) is 5.02. The topological polar surface area (TPSA) is 74.6 Å². The van der Waals surface area contributed by atoms with Crippen LogP contribution in [-0.2, 0) is 16.1 Å². The van der Waals surface area contributed by atoms with Crippen LogP contribution in [0.2, 0.25) is 0 Å². The number of nitrogens with zero attached hydrogens (tertiary/aromatic N) is 1. The first-order valence-electron chi connectivity index (χ1n) is 10.0. The van der Waals surface area contributed by atoms with Crippen molar-refractivity contribution in [3.8, 4) is 5.75 Å². The molecule has 4 aromatic rings. The standard InChI is InChI=1S/C25H21NO5/c1-2-30-18-13-11-17(12-14-18)23(27)16-31-24(28)15-26-21-9-5-3-7-19(21)25(29)20-8-4-6-10-22(20)26/h3-14H,2,15-16H2,1H3. The molecule has 0 saturated carbocycles. The van der Waals surface area contributed by atoms with Crippen molar-refractivity contribution in [1.29, 1.82) is 0 Å². The van der Waals surface area contributed by atoms with Gasteiger partial charge in [-0.1, -0.05) is 24.3 Å². The number of fused-ring (bicyclic) bond motifs is 2. The fourth-order valence-corrected chi connectivity index (χ4v) is 3.56. The molecular weight excluding hydrogens is 394 g/mol. The van der Waals surface area contributed by atoms with Crippen molar-refractivity contribution in [3.05, 3.63) is 88.6 Å². The van der Waals surface area contributed by atoms with E-state index in [1.165, 1.54) is 0 Å². The Bertz CT molecular complexity index is 1260. The van der Waals surface area contributed by atoms with Crippen LogP contribution in [0.25, 0.3) is 21.8 Å². The van der Waals surface area contributed by atoms with E-state index in [0.717, 1.165) is 0 Å². The molecule has 0 amide bonds. The molecule has 0 saturated heterocycles. The van der Waals surface area contributed by atoms with E-state index in [4.69, 9.17) is 9.47 Å². The van der Waals surface area contributed by atoms with Gasteiger partial charge in [0.2, 0.25) is 0 Å². The molecule has 0 radical (unpaired) electrons. The predicted molar refractivity (Wildman–Crippen MR) is 119 cm³/mol. The van der Waals surface area contributed by atoms with Crippen LogP contribution in [0.15, 0.2) is 77.6 Å². The molecule has 0 aliphatic carbocycles. The number of Topliss-reactive ketones (excluding diaryl/α,β-unsaturated/α-hetero) is 1. The first-order valence-corrected chi connectivity index (χ1v) is 10.0. The van der Waals surface area contributed by atoms with Crippen molar-refractivity contribution >= 4 is 33.6 Å². The highest BCUT2D eigenvalue weighted by atomic mass is 16.5.